The van der Waals surface area contributed by atoms with Crippen molar-refractivity contribution in [1.82, 2.24) is 0 Å². The minimum absolute atomic E-state index is 0.179. The Morgan fingerprint density at radius 3 is 2.53 bits per heavy atom. The Hall–Kier alpha value is -1.71. The second-order valence-electron chi connectivity index (χ2n) is 3.45. The summed E-state index contributed by atoms with van der Waals surface area (Å²) in [4.78, 5) is 11.0. The zero-order valence-corrected chi connectivity index (χ0v) is 8.64. The van der Waals surface area contributed by atoms with Crippen molar-refractivity contribution in [2.75, 3.05) is 14.1 Å². The van der Waals surface area contributed by atoms with E-state index in [9.17, 15) is 9.18 Å². The molecular weight excluding hydrogens is 197 g/mol. The number of benzene rings is 1. The van der Waals surface area contributed by atoms with Crippen LogP contribution in [0.3, 0.4) is 0 Å². The highest BCUT2D eigenvalue weighted by Gasteiger charge is 2.23. The van der Waals surface area contributed by atoms with E-state index in [0.717, 1.165) is 0 Å². The van der Waals surface area contributed by atoms with Crippen molar-refractivity contribution in [3.05, 3.63) is 35.6 Å². The van der Waals surface area contributed by atoms with Gasteiger partial charge in [-0.1, -0.05) is 18.2 Å². The fraction of sp³-hybridized carbons (Fsp3) is 0.273. The van der Waals surface area contributed by atoms with Gasteiger partial charge >= 0.3 is 5.97 Å². The third-order valence-corrected chi connectivity index (χ3v) is 1.95. The topological polar surface area (TPSA) is 40.3 Å². The average Bonchev–Trinajstić information content (AvgIpc) is 2.15. The molecule has 0 aliphatic heterocycles. The highest BCUT2D eigenvalue weighted by molar-refractivity contribution is 5.93. The normalized spacial score (nSPS) is 11.9. The third-order valence-electron chi connectivity index (χ3n) is 1.95. The Labute approximate surface area is 87.5 Å². The monoisotopic (exact) mass is 210 g/mol. The quantitative estimate of drug-likeness (QED) is 0.604. The largest absolute Gasteiger partial charge is 0.480 e. The van der Waals surface area contributed by atoms with E-state index in [2.05, 4.69) is 0 Å². The molecule has 1 aromatic carbocycles. The van der Waals surface area contributed by atoms with Crippen molar-refractivity contribution in [2.45, 2.75) is 5.92 Å². The lowest BCUT2D eigenvalue weighted by atomic mass is 10.00. The Morgan fingerprint density at radius 2 is 2.07 bits per heavy atom. The maximum Gasteiger partial charge on any atom is 0.321 e. The SMILES string of the molecule is C[N+](C)=CC(C(=O)O)c1ccccc1F. The molecule has 15 heavy (non-hydrogen) atoms. The summed E-state index contributed by atoms with van der Waals surface area (Å²) in [7, 11) is 3.41. The molecule has 1 atom stereocenters. The standard InChI is InChI=1S/C11H12FNO2/c1-13(2)7-9(11(14)15)8-5-3-4-6-10(8)12/h3-7,9H,1-2H3/p+1. The molecule has 0 aromatic heterocycles. The molecule has 1 unspecified atom stereocenters. The molecule has 0 amide bonds. The molecule has 0 radical (unpaired) electrons. The first-order valence-electron chi connectivity index (χ1n) is 4.51. The van der Waals surface area contributed by atoms with Crippen molar-refractivity contribution in [3.63, 3.8) is 0 Å². The van der Waals surface area contributed by atoms with Gasteiger partial charge in [-0.15, -0.1) is 0 Å². The van der Waals surface area contributed by atoms with Gasteiger partial charge in [0.25, 0.3) is 0 Å². The van der Waals surface area contributed by atoms with E-state index in [0.29, 0.717) is 0 Å². The molecule has 1 N–H and O–H groups in total. The van der Waals surface area contributed by atoms with Crippen LogP contribution in [0.25, 0.3) is 0 Å². The van der Waals surface area contributed by atoms with Crippen LogP contribution in [0.1, 0.15) is 11.5 Å². The Kier molecular flexibility index (Phi) is 3.55. The molecule has 1 rings (SSSR count). The molecule has 0 spiro atoms. The minimum Gasteiger partial charge on any atom is -0.480 e. The summed E-state index contributed by atoms with van der Waals surface area (Å²) in [6.45, 7) is 0. The van der Waals surface area contributed by atoms with Crippen LogP contribution < -0.4 is 0 Å². The van der Waals surface area contributed by atoms with Gasteiger partial charge in [0.15, 0.2) is 12.1 Å². The van der Waals surface area contributed by atoms with Gasteiger partial charge in [0.1, 0.15) is 19.9 Å². The predicted molar refractivity (Wildman–Crippen MR) is 54.9 cm³/mol. The smallest absolute Gasteiger partial charge is 0.321 e. The summed E-state index contributed by atoms with van der Waals surface area (Å²) in [5.41, 5.74) is 0.179. The Morgan fingerprint density at radius 1 is 1.47 bits per heavy atom. The van der Waals surface area contributed by atoms with Gasteiger partial charge in [-0.3, -0.25) is 4.79 Å². The highest BCUT2D eigenvalue weighted by Crippen LogP contribution is 2.17. The van der Waals surface area contributed by atoms with E-state index < -0.39 is 17.7 Å². The average molecular weight is 210 g/mol. The first-order valence-corrected chi connectivity index (χ1v) is 4.51. The lowest BCUT2D eigenvalue weighted by Gasteiger charge is -2.06. The summed E-state index contributed by atoms with van der Waals surface area (Å²) in [6.07, 6.45) is 1.46. The maximum atomic E-state index is 13.3. The van der Waals surface area contributed by atoms with E-state index >= 15 is 0 Å². The van der Waals surface area contributed by atoms with Gasteiger partial charge in [0.05, 0.1) is 0 Å². The van der Waals surface area contributed by atoms with Crippen molar-refractivity contribution in [3.8, 4) is 0 Å². The number of nitrogens with zero attached hydrogens (tertiary/aromatic N) is 1. The summed E-state index contributed by atoms with van der Waals surface area (Å²) >= 11 is 0. The molecule has 3 nitrogen and oxygen atoms in total. The first kappa shape index (κ1) is 11.4. The van der Waals surface area contributed by atoms with Crippen molar-refractivity contribution >= 4 is 12.2 Å². The molecule has 0 saturated heterocycles. The van der Waals surface area contributed by atoms with E-state index in [1.54, 1.807) is 24.7 Å². The van der Waals surface area contributed by atoms with Gasteiger partial charge in [-0.05, 0) is 6.07 Å². The van der Waals surface area contributed by atoms with Crippen LogP contribution in [-0.2, 0) is 4.79 Å². The summed E-state index contributed by atoms with van der Waals surface area (Å²) in [5, 5.41) is 8.98. The number of carboxylic acids is 1. The number of carbonyl (C=O) groups is 1. The van der Waals surface area contributed by atoms with Crippen molar-refractivity contribution < 1.29 is 18.9 Å². The Bertz CT molecular complexity index is 397. The molecular formula is C11H13FNO2+. The molecule has 4 heteroatoms. The van der Waals surface area contributed by atoms with Gasteiger partial charge < -0.3 is 5.11 Å². The lowest BCUT2D eigenvalue weighted by molar-refractivity contribution is -0.460. The highest BCUT2D eigenvalue weighted by atomic mass is 19.1. The number of halogens is 1. The number of hydrogen-bond acceptors (Lipinski definition) is 1. The van der Waals surface area contributed by atoms with Gasteiger partial charge in [-0.2, -0.15) is 0 Å². The molecule has 0 bridgehead atoms. The van der Waals surface area contributed by atoms with Crippen LogP contribution in [0.2, 0.25) is 0 Å². The van der Waals surface area contributed by atoms with Crippen LogP contribution >= 0.6 is 0 Å². The molecule has 0 heterocycles. The second-order valence-corrected chi connectivity index (χ2v) is 3.45. The molecule has 80 valence electrons. The van der Waals surface area contributed by atoms with Gasteiger partial charge in [0.2, 0.25) is 0 Å². The fourth-order valence-corrected chi connectivity index (χ4v) is 1.30. The second kappa shape index (κ2) is 4.68. The zero-order chi connectivity index (χ0) is 11.4. The number of carboxylic acid groups (broad SMARTS) is 1. The number of hydrogen-bond donors (Lipinski definition) is 1. The van der Waals surface area contributed by atoms with E-state index in [-0.39, 0.29) is 5.56 Å². The van der Waals surface area contributed by atoms with E-state index in [1.807, 2.05) is 0 Å². The van der Waals surface area contributed by atoms with Crippen molar-refractivity contribution in [2.24, 2.45) is 0 Å². The molecule has 1 aromatic rings. The summed E-state index contributed by atoms with van der Waals surface area (Å²) in [6, 6.07) is 5.90. The summed E-state index contributed by atoms with van der Waals surface area (Å²) in [5.74, 6) is -2.50. The fourth-order valence-electron chi connectivity index (χ4n) is 1.30. The zero-order valence-electron chi connectivity index (χ0n) is 8.64. The molecule has 0 aliphatic carbocycles. The third kappa shape index (κ3) is 2.87. The predicted octanol–water partition coefficient (Wildman–Crippen LogP) is 1.34. The summed E-state index contributed by atoms with van der Waals surface area (Å²) < 4.78 is 15.0. The first-order chi connectivity index (χ1) is 7.02. The number of aliphatic carboxylic acids is 1. The maximum absolute atomic E-state index is 13.3. The van der Waals surface area contributed by atoms with E-state index in [4.69, 9.17) is 5.11 Å². The van der Waals surface area contributed by atoms with Crippen LogP contribution in [0, 0.1) is 5.82 Å². The number of rotatable bonds is 3. The van der Waals surface area contributed by atoms with Crippen molar-refractivity contribution in [1.29, 1.82) is 0 Å². The minimum atomic E-state index is -1.06. The molecule has 0 aliphatic rings. The van der Waals surface area contributed by atoms with Crippen LogP contribution in [0.5, 0.6) is 0 Å². The van der Waals surface area contributed by atoms with Gasteiger partial charge in [0, 0.05) is 5.56 Å². The molecule has 0 fully saturated rings. The Balaban J connectivity index is 3.16. The van der Waals surface area contributed by atoms with Crippen LogP contribution in [0.15, 0.2) is 24.3 Å². The molecule has 0 saturated carbocycles. The van der Waals surface area contributed by atoms with Crippen LogP contribution in [-0.4, -0.2) is 36.0 Å². The van der Waals surface area contributed by atoms with Gasteiger partial charge in [-0.25, -0.2) is 8.97 Å². The van der Waals surface area contributed by atoms with Crippen LogP contribution in [0.4, 0.5) is 4.39 Å². The lowest BCUT2D eigenvalue weighted by Crippen LogP contribution is -2.18. The van der Waals surface area contributed by atoms with E-state index in [1.165, 1.54) is 24.4 Å².